The van der Waals surface area contributed by atoms with E-state index in [0.29, 0.717) is 4.47 Å². The number of hydrogen-bond acceptors (Lipinski definition) is 4. The highest BCUT2D eigenvalue weighted by Gasteiger charge is 2.51. The molecule has 0 spiro atoms. The molecule has 112 valence electrons. The molecule has 0 aliphatic rings. The summed E-state index contributed by atoms with van der Waals surface area (Å²) < 4.78 is 19.2. The van der Waals surface area contributed by atoms with Gasteiger partial charge < -0.3 is 4.74 Å². The summed E-state index contributed by atoms with van der Waals surface area (Å²) in [4.78, 5) is 15.3. The Morgan fingerprint density at radius 1 is 1.57 bits per heavy atom. The number of azo groups is 1. The minimum atomic E-state index is -1.80. The lowest BCUT2D eigenvalue weighted by molar-refractivity contribution is -0.149. The monoisotopic (exact) mass is 355 g/mol. The van der Waals surface area contributed by atoms with Gasteiger partial charge in [0.15, 0.2) is 5.82 Å². The number of halogens is 2. The van der Waals surface area contributed by atoms with Gasteiger partial charge in [0.1, 0.15) is 5.69 Å². The fourth-order valence-corrected chi connectivity index (χ4v) is 1.85. The molecule has 21 heavy (non-hydrogen) atoms. The van der Waals surface area contributed by atoms with Gasteiger partial charge in [-0.2, -0.15) is 0 Å². The van der Waals surface area contributed by atoms with Crippen LogP contribution in [0.5, 0.6) is 0 Å². The van der Waals surface area contributed by atoms with Gasteiger partial charge in [-0.1, -0.05) is 34.9 Å². The quantitative estimate of drug-likeness (QED) is 0.443. The fourth-order valence-electron chi connectivity index (χ4n) is 1.52. The summed E-state index contributed by atoms with van der Waals surface area (Å²) >= 11 is 3.13. The number of ether oxygens (including phenoxy) is 1. The summed E-state index contributed by atoms with van der Waals surface area (Å²) in [6.45, 7) is 12.4. The third-order valence-corrected chi connectivity index (χ3v) is 3.26. The molecule has 0 aliphatic heterocycles. The van der Waals surface area contributed by atoms with Crippen molar-refractivity contribution in [2.24, 2.45) is 16.1 Å². The molecule has 1 rings (SSSR count). The van der Waals surface area contributed by atoms with E-state index in [9.17, 15) is 9.18 Å². The third-order valence-electron chi connectivity index (χ3n) is 2.77. The summed E-state index contributed by atoms with van der Waals surface area (Å²) in [6.07, 6.45) is 0. The van der Waals surface area contributed by atoms with E-state index in [1.807, 2.05) is 0 Å². The second-order valence-corrected chi connectivity index (χ2v) is 5.42. The Hall–Kier alpha value is -1.81. The van der Waals surface area contributed by atoms with Crippen LogP contribution in [0.25, 0.3) is 4.85 Å². The van der Waals surface area contributed by atoms with Crippen molar-refractivity contribution in [2.75, 3.05) is 6.61 Å². The van der Waals surface area contributed by atoms with Crippen molar-refractivity contribution >= 4 is 27.6 Å². The zero-order valence-corrected chi connectivity index (χ0v) is 13.5. The second kappa shape index (κ2) is 7.27. The summed E-state index contributed by atoms with van der Waals surface area (Å²) in [5.41, 5.74) is -1.84. The van der Waals surface area contributed by atoms with Crippen LogP contribution in [-0.2, 0) is 9.53 Å². The minimum Gasteiger partial charge on any atom is -0.458 e. The molecule has 0 radical (unpaired) electrons. The first kappa shape index (κ1) is 17.2. The van der Waals surface area contributed by atoms with Gasteiger partial charge >= 0.3 is 11.6 Å². The molecule has 0 saturated heterocycles. The van der Waals surface area contributed by atoms with Gasteiger partial charge in [0.2, 0.25) is 0 Å². The predicted octanol–water partition coefficient (Wildman–Crippen LogP) is 4.51. The van der Waals surface area contributed by atoms with E-state index < -0.39 is 23.4 Å². The number of rotatable bonds is 5. The number of carbonyl (C=O) groups is 1. The Morgan fingerprint density at radius 3 is 2.71 bits per heavy atom. The molecular weight excluding hydrogens is 341 g/mol. The molecule has 1 aromatic carbocycles. The average molecular weight is 356 g/mol. The van der Waals surface area contributed by atoms with Crippen molar-refractivity contribution in [1.82, 2.24) is 0 Å². The largest absolute Gasteiger partial charge is 0.458 e. The standard InChI is InChI=1S/C14H15BrFN3O2/c1-5-21-13(20)14(17-4,9(2)3)19-18-12-7-6-10(15)8-11(12)16/h6-9H,5H2,1-3H3. The number of nitrogens with zero attached hydrogens (tertiary/aromatic N) is 3. The molecule has 7 heteroatoms. The lowest BCUT2D eigenvalue weighted by atomic mass is 9.98. The van der Waals surface area contributed by atoms with Crippen molar-refractivity contribution in [3.63, 3.8) is 0 Å². The van der Waals surface area contributed by atoms with Crippen LogP contribution < -0.4 is 0 Å². The molecule has 0 amide bonds. The molecule has 0 heterocycles. The first-order chi connectivity index (χ1) is 9.87. The van der Waals surface area contributed by atoms with Crippen molar-refractivity contribution in [1.29, 1.82) is 0 Å². The van der Waals surface area contributed by atoms with E-state index in [2.05, 4.69) is 31.0 Å². The number of benzene rings is 1. The van der Waals surface area contributed by atoms with Crippen LogP contribution in [0.2, 0.25) is 0 Å². The van der Waals surface area contributed by atoms with Gasteiger partial charge in [-0.25, -0.2) is 15.8 Å². The van der Waals surface area contributed by atoms with E-state index in [4.69, 9.17) is 11.3 Å². The molecule has 5 nitrogen and oxygen atoms in total. The van der Waals surface area contributed by atoms with Gasteiger partial charge in [-0.15, -0.1) is 5.11 Å². The molecule has 0 aliphatic carbocycles. The predicted molar refractivity (Wildman–Crippen MR) is 79.4 cm³/mol. The minimum absolute atomic E-state index is 0.0452. The lowest BCUT2D eigenvalue weighted by Crippen LogP contribution is -2.40. The number of esters is 1. The van der Waals surface area contributed by atoms with E-state index in [0.717, 1.165) is 0 Å². The summed E-state index contributed by atoms with van der Waals surface area (Å²) in [5.74, 6) is -1.84. The smallest absolute Gasteiger partial charge is 0.439 e. The molecule has 0 saturated carbocycles. The molecule has 0 N–H and O–H groups in total. The van der Waals surface area contributed by atoms with Crippen molar-refractivity contribution in [3.05, 3.63) is 39.9 Å². The van der Waals surface area contributed by atoms with Crippen LogP contribution in [0.1, 0.15) is 20.8 Å². The number of hydrogen-bond donors (Lipinski definition) is 0. The van der Waals surface area contributed by atoms with Crippen LogP contribution >= 0.6 is 15.9 Å². The topological polar surface area (TPSA) is 55.4 Å². The van der Waals surface area contributed by atoms with Gasteiger partial charge in [-0.3, -0.25) is 4.85 Å². The van der Waals surface area contributed by atoms with E-state index >= 15 is 0 Å². The summed E-state index contributed by atoms with van der Waals surface area (Å²) in [5, 5.41) is 7.52. The Kier molecular flexibility index (Phi) is 5.97. The van der Waals surface area contributed by atoms with Gasteiger partial charge in [0, 0.05) is 4.47 Å². The molecule has 0 bridgehead atoms. The maximum Gasteiger partial charge on any atom is 0.439 e. The van der Waals surface area contributed by atoms with Crippen LogP contribution in [0, 0.1) is 18.3 Å². The highest BCUT2D eigenvalue weighted by atomic mass is 79.9. The van der Waals surface area contributed by atoms with E-state index in [1.165, 1.54) is 12.1 Å². The summed E-state index contributed by atoms with van der Waals surface area (Å²) in [6, 6.07) is 4.23. The van der Waals surface area contributed by atoms with E-state index in [1.54, 1.807) is 26.8 Å². The molecule has 1 aromatic rings. The second-order valence-electron chi connectivity index (χ2n) is 4.51. The SMILES string of the molecule is [C-]#[N+]C(N=Nc1ccc(Br)cc1F)(C(=O)OCC)C(C)C. The fraction of sp³-hybridized carbons (Fsp3) is 0.429. The van der Waals surface area contributed by atoms with Gasteiger partial charge in [-0.05, 0) is 25.1 Å². The Morgan fingerprint density at radius 2 is 2.24 bits per heavy atom. The first-order valence-corrected chi connectivity index (χ1v) is 7.10. The van der Waals surface area contributed by atoms with Crippen molar-refractivity contribution < 1.29 is 13.9 Å². The van der Waals surface area contributed by atoms with Crippen LogP contribution in [0.15, 0.2) is 32.9 Å². The normalized spacial score (nSPS) is 14.0. The lowest BCUT2D eigenvalue weighted by Gasteiger charge is -2.17. The summed E-state index contributed by atoms with van der Waals surface area (Å²) in [7, 11) is 0. The molecular formula is C14H15BrFN3O2. The van der Waals surface area contributed by atoms with Gasteiger partial charge in [0.25, 0.3) is 0 Å². The molecule has 1 unspecified atom stereocenters. The highest BCUT2D eigenvalue weighted by Crippen LogP contribution is 2.29. The Bertz CT molecular complexity index is 598. The van der Waals surface area contributed by atoms with Crippen LogP contribution in [-0.4, -0.2) is 18.2 Å². The molecule has 1 atom stereocenters. The van der Waals surface area contributed by atoms with E-state index in [-0.39, 0.29) is 12.3 Å². The first-order valence-electron chi connectivity index (χ1n) is 6.31. The third kappa shape index (κ3) is 3.85. The average Bonchev–Trinajstić information content (AvgIpc) is 2.41. The Labute approximate surface area is 131 Å². The molecule has 0 aromatic heterocycles. The Balaban J connectivity index is 3.20. The molecule has 0 fully saturated rings. The van der Waals surface area contributed by atoms with Crippen molar-refractivity contribution in [2.45, 2.75) is 26.4 Å². The maximum atomic E-state index is 13.7. The van der Waals surface area contributed by atoms with Gasteiger partial charge in [0.05, 0.1) is 12.5 Å². The van der Waals surface area contributed by atoms with Crippen molar-refractivity contribution in [3.8, 4) is 0 Å². The maximum absolute atomic E-state index is 13.7. The highest BCUT2D eigenvalue weighted by molar-refractivity contribution is 9.10. The van der Waals surface area contributed by atoms with Crippen LogP contribution in [0.3, 0.4) is 0 Å². The number of carbonyl (C=O) groups excluding carboxylic acids is 1. The zero-order valence-electron chi connectivity index (χ0n) is 11.9. The van der Waals surface area contributed by atoms with Crippen LogP contribution in [0.4, 0.5) is 10.1 Å². The zero-order chi connectivity index (χ0) is 16.0.